The van der Waals surface area contributed by atoms with E-state index in [2.05, 4.69) is 15.3 Å². The number of pyridine rings is 2. The number of hydrogen-bond donors (Lipinski definition) is 2. The van der Waals surface area contributed by atoms with Gasteiger partial charge in [0.2, 0.25) is 0 Å². The van der Waals surface area contributed by atoms with Crippen molar-refractivity contribution in [1.29, 1.82) is 0 Å². The summed E-state index contributed by atoms with van der Waals surface area (Å²) in [6.07, 6.45) is 1.66. The molecule has 128 valence electrons. The SMILES string of the molecule is O=C(O)c1ccc2c(c1)nc(Nc1ccc(F)c(Cl)c1)c1cccnc12. The summed E-state index contributed by atoms with van der Waals surface area (Å²) in [6.45, 7) is 0. The molecule has 5 nitrogen and oxygen atoms in total. The Kier molecular flexibility index (Phi) is 3.89. The second kappa shape index (κ2) is 6.24. The maximum atomic E-state index is 13.4. The molecule has 2 aromatic carbocycles. The summed E-state index contributed by atoms with van der Waals surface area (Å²) in [7, 11) is 0. The number of halogens is 2. The lowest BCUT2D eigenvalue weighted by atomic mass is 10.1. The molecule has 0 fully saturated rings. The second-order valence-electron chi connectivity index (χ2n) is 5.65. The van der Waals surface area contributed by atoms with Gasteiger partial charge in [-0.25, -0.2) is 14.2 Å². The number of carbonyl (C=O) groups is 1. The predicted molar refractivity (Wildman–Crippen MR) is 98.7 cm³/mol. The van der Waals surface area contributed by atoms with Gasteiger partial charge in [-0.2, -0.15) is 0 Å². The minimum atomic E-state index is -1.03. The third-order valence-electron chi connectivity index (χ3n) is 3.98. The lowest BCUT2D eigenvalue weighted by Gasteiger charge is -2.12. The van der Waals surface area contributed by atoms with E-state index < -0.39 is 11.8 Å². The van der Waals surface area contributed by atoms with Gasteiger partial charge in [0.25, 0.3) is 0 Å². The van der Waals surface area contributed by atoms with Crippen LogP contribution in [0.15, 0.2) is 54.7 Å². The highest BCUT2D eigenvalue weighted by Gasteiger charge is 2.12. The van der Waals surface area contributed by atoms with Crippen molar-refractivity contribution < 1.29 is 14.3 Å². The number of benzene rings is 2. The smallest absolute Gasteiger partial charge is 0.335 e. The van der Waals surface area contributed by atoms with E-state index in [-0.39, 0.29) is 10.6 Å². The summed E-state index contributed by atoms with van der Waals surface area (Å²) in [5.74, 6) is -1.07. The summed E-state index contributed by atoms with van der Waals surface area (Å²) in [5, 5.41) is 13.8. The fraction of sp³-hybridized carbons (Fsp3) is 0. The van der Waals surface area contributed by atoms with Crippen LogP contribution in [-0.2, 0) is 0 Å². The first-order valence-electron chi connectivity index (χ1n) is 7.67. The summed E-state index contributed by atoms with van der Waals surface area (Å²) < 4.78 is 13.4. The average molecular weight is 368 g/mol. The molecule has 2 aromatic heterocycles. The first-order valence-corrected chi connectivity index (χ1v) is 8.04. The van der Waals surface area contributed by atoms with Crippen LogP contribution in [0.25, 0.3) is 21.8 Å². The molecule has 4 rings (SSSR count). The molecule has 0 unspecified atom stereocenters. The molecule has 0 spiro atoms. The van der Waals surface area contributed by atoms with Crippen LogP contribution in [0.5, 0.6) is 0 Å². The molecule has 0 atom stereocenters. The monoisotopic (exact) mass is 367 g/mol. The number of aromatic nitrogens is 2. The highest BCUT2D eigenvalue weighted by molar-refractivity contribution is 6.31. The maximum absolute atomic E-state index is 13.4. The zero-order chi connectivity index (χ0) is 18.3. The molecule has 26 heavy (non-hydrogen) atoms. The van der Waals surface area contributed by atoms with E-state index in [1.807, 2.05) is 6.07 Å². The minimum Gasteiger partial charge on any atom is -0.478 e. The second-order valence-corrected chi connectivity index (χ2v) is 6.06. The standard InChI is InChI=1S/C19H11ClFN3O2/c20-14-9-11(4-6-15(14)21)23-18-13-2-1-7-22-17(13)12-5-3-10(19(25)26)8-16(12)24-18/h1-9H,(H,23,24)(H,25,26). The van der Waals surface area contributed by atoms with E-state index in [0.717, 1.165) is 10.8 Å². The number of carboxylic acid groups (broad SMARTS) is 1. The quantitative estimate of drug-likeness (QED) is 0.497. The Hall–Kier alpha value is -3.25. The van der Waals surface area contributed by atoms with Crippen molar-refractivity contribution >= 4 is 50.9 Å². The molecule has 7 heteroatoms. The van der Waals surface area contributed by atoms with Gasteiger partial charge in [0, 0.05) is 22.7 Å². The van der Waals surface area contributed by atoms with Gasteiger partial charge < -0.3 is 10.4 Å². The largest absolute Gasteiger partial charge is 0.478 e. The van der Waals surface area contributed by atoms with Crippen molar-refractivity contribution in [3.8, 4) is 0 Å². The number of aromatic carboxylic acids is 1. The highest BCUT2D eigenvalue weighted by atomic mass is 35.5. The molecule has 0 aliphatic heterocycles. The average Bonchev–Trinajstić information content (AvgIpc) is 2.64. The van der Waals surface area contributed by atoms with Crippen LogP contribution >= 0.6 is 11.6 Å². The zero-order valence-electron chi connectivity index (χ0n) is 13.2. The third kappa shape index (κ3) is 2.80. The summed E-state index contributed by atoms with van der Waals surface area (Å²) >= 11 is 5.84. The molecule has 4 aromatic rings. The molecule has 2 N–H and O–H groups in total. The van der Waals surface area contributed by atoms with Gasteiger partial charge in [-0.15, -0.1) is 0 Å². The molecule has 0 saturated heterocycles. The van der Waals surface area contributed by atoms with E-state index in [1.165, 1.54) is 24.3 Å². The maximum Gasteiger partial charge on any atom is 0.335 e. The molecule has 0 saturated carbocycles. The number of carboxylic acids is 1. The van der Waals surface area contributed by atoms with Crippen molar-refractivity contribution in [1.82, 2.24) is 9.97 Å². The number of hydrogen-bond acceptors (Lipinski definition) is 4. The van der Waals surface area contributed by atoms with Gasteiger partial charge in [0.15, 0.2) is 0 Å². The van der Waals surface area contributed by atoms with Gasteiger partial charge in [0.1, 0.15) is 11.6 Å². The molecule has 0 bridgehead atoms. The van der Waals surface area contributed by atoms with E-state index in [0.29, 0.717) is 22.5 Å². The van der Waals surface area contributed by atoms with Crippen LogP contribution in [-0.4, -0.2) is 21.0 Å². The predicted octanol–water partition coefficient (Wildman–Crippen LogP) is 5.02. The first kappa shape index (κ1) is 16.2. The Bertz CT molecular complexity index is 1180. The van der Waals surface area contributed by atoms with Crippen LogP contribution in [0, 0.1) is 5.82 Å². The first-order chi connectivity index (χ1) is 12.5. The van der Waals surface area contributed by atoms with E-state index in [4.69, 9.17) is 11.6 Å². The summed E-state index contributed by atoms with van der Waals surface area (Å²) in [6, 6.07) is 12.6. The molecule has 0 aliphatic rings. The molecular weight excluding hydrogens is 357 g/mol. The Morgan fingerprint density at radius 3 is 2.73 bits per heavy atom. The van der Waals surface area contributed by atoms with Crippen molar-refractivity contribution in [3.63, 3.8) is 0 Å². The Morgan fingerprint density at radius 1 is 1.12 bits per heavy atom. The number of anilines is 2. The molecule has 0 amide bonds. The van der Waals surface area contributed by atoms with Gasteiger partial charge >= 0.3 is 5.97 Å². The van der Waals surface area contributed by atoms with Crippen LogP contribution in [0.4, 0.5) is 15.9 Å². The van der Waals surface area contributed by atoms with E-state index in [1.54, 1.807) is 24.4 Å². The fourth-order valence-electron chi connectivity index (χ4n) is 2.76. The van der Waals surface area contributed by atoms with Crippen LogP contribution in [0.1, 0.15) is 10.4 Å². The van der Waals surface area contributed by atoms with Crippen molar-refractivity contribution in [2.75, 3.05) is 5.32 Å². The Labute approximate surface area is 152 Å². The number of rotatable bonds is 3. The van der Waals surface area contributed by atoms with Crippen molar-refractivity contribution in [2.24, 2.45) is 0 Å². The minimum absolute atomic E-state index is 0.00798. The summed E-state index contributed by atoms with van der Waals surface area (Å²) in [4.78, 5) is 20.2. The third-order valence-corrected chi connectivity index (χ3v) is 4.27. The van der Waals surface area contributed by atoms with Crippen LogP contribution in [0.3, 0.4) is 0 Å². The van der Waals surface area contributed by atoms with Crippen molar-refractivity contribution in [2.45, 2.75) is 0 Å². The van der Waals surface area contributed by atoms with E-state index >= 15 is 0 Å². The van der Waals surface area contributed by atoms with Gasteiger partial charge in [-0.05, 0) is 48.5 Å². The number of nitrogens with one attached hydrogen (secondary N) is 1. The van der Waals surface area contributed by atoms with E-state index in [9.17, 15) is 14.3 Å². The van der Waals surface area contributed by atoms with Gasteiger partial charge in [-0.1, -0.05) is 11.6 Å². The van der Waals surface area contributed by atoms with Crippen LogP contribution < -0.4 is 5.32 Å². The lowest BCUT2D eigenvalue weighted by Crippen LogP contribution is -2.00. The fourth-order valence-corrected chi connectivity index (χ4v) is 2.94. The lowest BCUT2D eigenvalue weighted by molar-refractivity contribution is 0.0697. The van der Waals surface area contributed by atoms with Crippen LogP contribution in [0.2, 0.25) is 5.02 Å². The molecule has 0 aliphatic carbocycles. The van der Waals surface area contributed by atoms with Crippen molar-refractivity contribution in [3.05, 3.63) is 71.1 Å². The topological polar surface area (TPSA) is 75.1 Å². The zero-order valence-corrected chi connectivity index (χ0v) is 14.0. The molecule has 0 radical (unpaired) electrons. The number of fused-ring (bicyclic) bond motifs is 3. The highest BCUT2D eigenvalue weighted by Crippen LogP contribution is 2.31. The van der Waals surface area contributed by atoms with Gasteiger partial charge in [-0.3, -0.25) is 4.98 Å². The normalized spacial score (nSPS) is 11.0. The molecular formula is C19H11ClFN3O2. The molecule has 2 heterocycles. The Balaban J connectivity index is 1.93. The van der Waals surface area contributed by atoms with Gasteiger partial charge in [0.05, 0.1) is 21.6 Å². The Morgan fingerprint density at radius 2 is 1.96 bits per heavy atom. The number of nitrogens with zero attached hydrogens (tertiary/aromatic N) is 2. The summed E-state index contributed by atoms with van der Waals surface area (Å²) in [5.41, 5.74) is 1.87.